The highest BCUT2D eigenvalue weighted by Gasteiger charge is 2.52. The van der Waals surface area contributed by atoms with Gasteiger partial charge in [0.25, 0.3) is 5.92 Å². The number of anilines is 1. The first-order valence-corrected chi connectivity index (χ1v) is 7.95. The third-order valence-corrected chi connectivity index (χ3v) is 4.53. The fourth-order valence-electron chi connectivity index (χ4n) is 3.36. The van der Waals surface area contributed by atoms with Crippen LogP contribution in [0.1, 0.15) is 24.0 Å². The van der Waals surface area contributed by atoms with Crippen molar-refractivity contribution < 1.29 is 18.0 Å². The van der Waals surface area contributed by atoms with Crippen LogP contribution in [0.3, 0.4) is 0 Å². The summed E-state index contributed by atoms with van der Waals surface area (Å²) in [6.45, 7) is 1.60. The number of nitrogens with zero attached hydrogens (tertiary/aromatic N) is 4. The van der Waals surface area contributed by atoms with Gasteiger partial charge < -0.3 is 15.0 Å². The Morgan fingerprint density at radius 1 is 1.44 bits per heavy atom. The van der Waals surface area contributed by atoms with Crippen molar-refractivity contribution in [3.05, 3.63) is 40.3 Å². The Labute approximate surface area is 141 Å². The van der Waals surface area contributed by atoms with Crippen molar-refractivity contribution >= 4 is 5.82 Å². The molecule has 0 unspecified atom stereocenters. The molecular weight excluding hydrogens is 336 g/mol. The van der Waals surface area contributed by atoms with Crippen LogP contribution in [0.4, 0.5) is 14.6 Å². The zero-order valence-electron chi connectivity index (χ0n) is 13.3. The van der Waals surface area contributed by atoms with Crippen molar-refractivity contribution in [2.24, 2.45) is 0 Å². The van der Waals surface area contributed by atoms with Gasteiger partial charge in [0, 0.05) is 44.2 Å². The normalized spacial score (nSPS) is 25.8. The standard InChI is InChI=1S/C15H17F2N5O3/c16-15(17)5-10(8-21-3-1-11-9(7-21)6-19-25-11)24-13(15)22-4-2-12(18)20-14(22)23/h2,4,6,10,13H,1,3,5,7-8H2,(H2,18,20,23)/t10-,13+/m0/s1. The maximum Gasteiger partial charge on any atom is 0.351 e. The van der Waals surface area contributed by atoms with Crippen LogP contribution in [-0.4, -0.2) is 44.7 Å². The quantitative estimate of drug-likeness (QED) is 0.871. The fourth-order valence-corrected chi connectivity index (χ4v) is 3.36. The second kappa shape index (κ2) is 5.88. The van der Waals surface area contributed by atoms with Crippen LogP contribution >= 0.6 is 0 Å². The summed E-state index contributed by atoms with van der Waals surface area (Å²) in [7, 11) is 0. The Bertz CT molecular complexity index is 837. The minimum absolute atomic E-state index is 0.0167. The lowest BCUT2D eigenvalue weighted by Gasteiger charge is -2.27. The maximum absolute atomic E-state index is 14.4. The topological polar surface area (TPSA) is 99.4 Å². The van der Waals surface area contributed by atoms with E-state index < -0.39 is 30.4 Å². The van der Waals surface area contributed by atoms with Gasteiger partial charge in [-0.2, -0.15) is 4.98 Å². The molecular formula is C15H17F2N5O3. The maximum atomic E-state index is 14.4. The molecule has 1 saturated heterocycles. The van der Waals surface area contributed by atoms with Gasteiger partial charge in [-0.1, -0.05) is 5.16 Å². The molecule has 2 atom stereocenters. The number of ether oxygens (including phenoxy) is 1. The van der Waals surface area contributed by atoms with E-state index in [9.17, 15) is 13.6 Å². The first kappa shape index (κ1) is 16.2. The molecule has 0 bridgehead atoms. The molecule has 0 aromatic carbocycles. The lowest BCUT2D eigenvalue weighted by atomic mass is 10.1. The molecule has 25 heavy (non-hydrogen) atoms. The van der Waals surface area contributed by atoms with Gasteiger partial charge >= 0.3 is 5.69 Å². The number of fused-ring (bicyclic) bond motifs is 1. The molecule has 2 N–H and O–H groups in total. The predicted octanol–water partition coefficient (Wildman–Crippen LogP) is 0.795. The van der Waals surface area contributed by atoms with Crippen molar-refractivity contribution in [3.63, 3.8) is 0 Å². The molecule has 2 aliphatic heterocycles. The molecule has 134 valence electrons. The van der Waals surface area contributed by atoms with Gasteiger partial charge in [-0.3, -0.25) is 9.47 Å². The van der Waals surface area contributed by atoms with Crippen LogP contribution in [0, 0.1) is 0 Å². The molecule has 2 aromatic heterocycles. The molecule has 0 aliphatic carbocycles. The van der Waals surface area contributed by atoms with Crippen molar-refractivity contribution in [2.75, 3.05) is 18.8 Å². The Kier molecular flexibility index (Phi) is 3.80. The van der Waals surface area contributed by atoms with E-state index in [-0.39, 0.29) is 5.82 Å². The Morgan fingerprint density at radius 3 is 3.08 bits per heavy atom. The third kappa shape index (κ3) is 3.02. The molecule has 4 rings (SSSR count). The largest absolute Gasteiger partial charge is 0.383 e. The van der Waals surface area contributed by atoms with E-state index in [4.69, 9.17) is 15.0 Å². The lowest BCUT2D eigenvalue weighted by Crippen LogP contribution is -2.36. The van der Waals surface area contributed by atoms with Crippen LogP contribution in [0.2, 0.25) is 0 Å². The molecule has 0 saturated carbocycles. The third-order valence-electron chi connectivity index (χ3n) is 4.53. The summed E-state index contributed by atoms with van der Waals surface area (Å²) in [6.07, 6.45) is 0.703. The second-order valence-corrected chi connectivity index (χ2v) is 6.38. The van der Waals surface area contributed by atoms with Crippen molar-refractivity contribution in [2.45, 2.75) is 37.6 Å². The van der Waals surface area contributed by atoms with Crippen molar-refractivity contribution in [1.82, 2.24) is 19.6 Å². The number of hydrogen-bond acceptors (Lipinski definition) is 7. The average Bonchev–Trinajstić information content (AvgIpc) is 3.11. The molecule has 2 aliphatic rings. The van der Waals surface area contributed by atoms with E-state index in [0.29, 0.717) is 26.1 Å². The van der Waals surface area contributed by atoms with Gasteiger partial charge in [-0.25, -0.2) is 13.6 Å². The van der Waals surface area contributed by atoms with E-state index in [2.05, 4.69) is 10.1 Å². The SMILES string of the molecule is Nc1ccn([C@@H]2O[C@H](CN3CCc4oncc4C3)CC2(F)F)c(=O)n1. The zero-order valence-corrected chi connectivity index (χ0v) is 13.3. The van der Waals surface area contributed by atoms with E-state index in [1.54, 1.807) is 6.20 Å². The Morgan fingerprint density at radius 2 is 2.28 bits per heavy atom. The molecule has 1 fully saturated rings. The van der Waals surface area contributed by atoms with Crippen LogP contribution in [0.5, 0.6) is 0 Å². The summed E-state index contributed by atoms with van der Waals surface area (Å²) >= 11 is 0. The summed E-state index contributed by atoms with van der Waals surface area (Å²) in [6, 6.07) is 1.30. The number of aromatic nitrogens is 3. The minimum Gasteiger partial charge on any atom is -0.383 e. The number of nitrogen functional groups attached to an aromatic ring is 1. The second-order valence-electron chi connectivity index (χ2n) is 6.38. The van der Waals surface area contributed by atoms with Crippen molar-refractivity contribution in [1.29, 1.82) is 0 Å². The number of halogens is 2. The minimum atomic E-state index is -3.16. The van der Waals surface area contributed by atoms with E-state index in [0.717, 1.165) is 15.9 Å². The molecule has 0 radical (unpaired) electrons. The van der Waals surface area contributed by atoms with Gasteiger partial charge in [0.2, 0.25) is 6.23 Å². The molecule has 8 nitrogen and oxygen atoms in total. The zero-order chi connectivity index (χ0) is 17.6. The van der Waals surface area contributed by atoms with E-state index in [1.807, 2.05) is 4.90 Å². The molecule has 2 aromatic rings. The number of alkyl halides is 2. The Balaban J connectivity index is 1.48. The lowest BCUT2D eigenvalue weighted by molar-refractivity contribution is -0.119. The summed E-state index contributed by atoms with van der Waals surface area (Å²) in [5, 5.41) is 3.75. The highest BCUT2D eigenvalue weighted by Crippen LogP contribution is 2.42. The molecule has 0 spiro atoms. The predicted molar refractivity (Wildman–Crippen MR) is 81.9 cm³/mol. The average molecular weight is 353 g/mol. The summed E-state index contributed by atoms with van der Waals surface area (Å²) in [5.74, 6) is -2.34. The van der Waals surface area contributed by atoms with Gasteiger partial charge in [-0.15, -0.1) is 0 Å². The van der Waals surface area contributed by atoms with E-state index >= 15 is 0 Å². The Hall–Kier alpha value is -2.33. The summed E-state index contributed by atoms with van der Waals surface area (Å²) in [5.41, 5.74) is 5.52. The van der Waals surface area contributed by atoms with E-state index in [1.165, 1.54) is 12.3 Å². The van der Waals surface area contributed by atoms with Crippen molar-refractivity contribution in [3.8, 4) is 0 Å². The van der Waals surface area contributed by atoms with Gasteiger partial charge in [0.1, 0.15) is 11.6 Å². The van der Waals surface area contributed by atoms with Gasteiger partial charge in [0.05, 0.1) is 12.3 Å². The van der Waals surface area contributed by atoms with Crippen LogP contribution in [0.25, 0.3) is 0 Å². The highest BCUT2D eigenvalue weighted by atomic mass is 19.3. The first-order chi connectivity index (χ1) is 11.9. The number of rotatable bonds is 3. The monoisotopic (exact) mass is 353 g/mol. The number of hydrogen-bond donors (Lipinski definition) is 1. The van der Waals surface area contributed by atoms with Gasteiger partial charge in [-0.05, 0) is 6.07 Å². The van der Waals surface area contributed by atoms with Gasteiger partial charge in [0.15, 0.2) is 0 Å². The van der Waals surface area contributed by atoms with Crippen LogP contribution in [0.15, 0.2) is 27.8 Å². The molecule has 4 heterocycles. The van der Waals surface area contributed by atoms with Crippen LogP contribution < -0.4 is 11.4 Å². The molecule has 0 amide bonds. The summed E-state index contributed by atoms with van der Waals surface area (Å²) in [4.78, 5) is 17.4. The fraction of sp³-hybridized carbons (Fsp3) is 0.533. The first-order valence-electron chi connectivity index (χ1n) is 7.95. The molecule has 10 heteroatoms. The smallest absolute Gasteiger partial charge is 0.351 e. The number of nitrogens with two attached hydrogens (primary N) is 1. The highest BCUT2D eigenvalue weighted by molar-refractivity contribution is 5.23. The van der Waals surface area contributed by atoms with Crippen LogP contribution in [-0.2, 0) is 17.7 Å². The summed E-state index contributed by atoms with van der Waals surface area (Å²) < 4.78 is 40.2.